The summed E-state index contributed by atoms with van der Waals surface area (Å²) in [5.74, 6) is 0.132. The summed E-state index contributed by atoms with van der Waals surface area (Å²) in [7, 11) is 0. The molecule has 2 rings (SSSR count). The van der Waals surface area contributed by atoms with Crippen LogP contribution >= 0.6 is 11.6 Å². The molecule has 0 spiro atoms. The molecule has 1 aromatic carbocycles. The highest BCUT2D eigenvalue weighted by molar-refractivity contribution is 6.31. The van der Waals surface area contributed by atoms with Gasteiger partial charge in [-0.05, 0) is 37.9 Å². The van der Waals surface area contributed by atoms with Gasteiger partial charge < -0.3 is 10.6 Å². The molecule has 2 atom stereocenters. The second-order valence-corrected chi connectivity index (χ2v) is 5.68. The first-order chi connectivity index (χ1) is 9.09. The zero-order valence-corrected chi connectivity index (χ0v) is 12.3. The zero-order valence-electron chi connectivity index (χ0n) is 11.5. The van der Waals surface area contributed by atoms with E-state index in [1.165, 1.54) is 0 Å². The van der Waals surface area contributed by atoms with Crippen LogP contribution in [-0.4, -0.2) is 19.0 Å². The van der Waals surface area contributed by atoms with Crippen LogP contribution in [0.2, 0.25) is 5.02 Å². The van der Waals surface area contributed by atoms with Crippen molar-refractivity contribution in [2.75, 3.05) is 13.1 Å². The highest BCUT2D eigenvalue weighted by Crippen LogP contribution is 2.31. The summed E-state index contributed by atoms with van der Waals surface area (Å²) >= 11 is 6.17. The lowest BCUT2D eigenvalue weighted by atomic mass is 9.83. The van der Waals surface area contributed by atoms with Crippen molar-refractivity contribution in [2.24, 2.45) is 5.41 Å². The van der Waals surface area contributed by atoms with Gasteiger partial charge in [-0.3, -0.25) is 4.79 Å². The molecular weight excluding hydrogens is 260 g/mol. The normalized spacial score (nSPS) is 24.2. The molecule has 3 nitrogen and oxygen atoms in total. The van der Waals surface area contributed by atoms with E-state index in [0.717, 1.165) is 31.5 Å². The van der Waals surface area contributed by atoms with Crippen molar-refractivity contribution in [2.45, 2.75) is 32.7 Å². The number of hydrogen-bond acceptors (Lipinski definition) is 2. The molecule has 0 saturated carbocycles. The molecule has 19 heavy (non-hydrogen) atoms. The van der Waals surface area contributed by atoms with E-state index < -0.39 is 0 Å². The van der Waals surface area contributed by atoms with Gasteiger partial charge in [0.25, 0.3) is 0 Å². The maximum atomic E-state index is 12.5. The van der Waals surface area contributed by atoms with E-state index >= 15 is 0 Å². The minimum atomic E-state index is -0.254. The van der Waals surface area contributed by atoms with Crippen LogP contribution in [0, 0.1) is 5.41 Å². The van der Waals surface area contributed by atoms with Crippen LogP contribution < -0.4 is 10.6 Å². The van der Waals surface area contributed by atoms with Crippen LogP contribution in [0.1, 0.15) is 38.3 Å². The smallest absolute Gasteiger partial charge is 0.228 e. The number of nitrogens with one attached hydrogen (secondary N) is 2. The third-order valence-electron chi connectivity index (χ3n) is 4.12. The van der Waals surface area contributed by atoms with Crippen molar-refractivity contribution in [3.05, 3.63) is 34.9 Å². The van der Waals surface area contributed by atoms with Crippen molar-refractivity contribution in [1.29, 1.82) is 0 Å². The Morgan fingerprint density at radius 1 is 1.53 bits per heavy atom. The number of rotatable bonds is 4. The quantitative estimate of drug-likeness (QED) is 0.890. The molecule has 1 fully saturated rings. The molecule has 0 bridgehead atoms. The third kappa shape index (κ3) is 2.93. The fourth-order valence-electron chi connectivity index (χ4n) is 2.65. The van der Waals surface area contributed by atoms with E-state index in [4.69, 9.17) is 11.6 Å². The third-order valence-corrected chi connectivity index (χ3v) is 4.47. The minimum Gasteiger partial charge on any atom is -0.349 e. The molecule has 1 aromatic rings. The summed E-state index contributed by atoms with van der Waals surface area (Å²) in [6.45, 7) is 5.74. The van der Waals surface area contributed by atoms with Crippen molar-refractivity contribution < 1.29 is 4.79 Å². The SMILES string of the molecule is CCC1(C(=O)N[C@@H](C)c2ccccc2Cl)CCNC1. The molecule has 4 heteroatoms. The summed E-state index contributed by atoms with van der Waals surface area (Å²) in [4.78, 5) is 12.5. The average molecular weight is 281 g/mol. The van der Waals surface area contributed by atoms with Gasteiger partial charge in [-0.2, -0.15) is 0 Å². The molecule has 1 amide bonds. The number of amides is 1. The van der Waals surface area contributed by atoms with E-state index in [-0.39, 0.29) is 17.4 Å². The molecule has 1 unspecified atom stereocenters. The summed E-state index contributed by atoms with van der Waals surface area (Å²) in [5, 5.41) is 7.09. The van der Waals surface area contributed by atoms with Crippen LogP contribution in [0.4, 0.5) is 0 Å². The largest absolute Gasteiger partial charge is 0.349 e. The molecule has 1 saturated heterocycles. The van der Waals surface area contributed by atoms with Crippen molar-refractivity contribution in [3.63, 3.8) is 0 Å². The topological polar surface area (TPSA) is 41.1 Å². The fourth-order valence-corrected chi connectivity index (χ4v) is 2.95. The minimum absolute atomic E-state index is 0.0646. The van der Waals surface area contributed by atoms with Gasteiger partial charge in [-0.15, -0.1) is 0 Å². The summed E-state index contributed by atoms with van der Waals surface area (Å²) in [5.41, 5.74) is 0.713. The monoisotopic (exact) mass is 280 g/mol. The van der Waals surface area contributed by atoms with Crippen LogP contribution in [0.15, 0.2) is 24.3 Å². The highest BCUT2D eigenvalue weighted by atomic mass is 35.5. The molecule has 1 aliphatic heterocycles. The average Bonchev–Trinajstić information content (AvgIpc) is 2.89. The number of hydrogen-bond donors (Lipinski definition) is 2. The predicted octanol–water partition coefficient (Wildman–Crippen LogP) is 2.91. The Labute approximate surface area is 119 Å². The van der Waals surface area contributed by atoms with E-state index in [2.05, 4.69) is 17.6 Å². The molecular formula is C15H21ClN2O. The molecule has 104 valence electrons. The lowest BCUT2D eigenvalue weighted by Crippen LogP contribution is -2.43. The molecule has 0 aromatic heterocycles. The first kappa shape index (κ1) is 14.4. The zero-order chi connectivity index (χ0) is 13.9. The van der Waals surface area contributed by atoms with Gasteiger partial charge in [0.15, 0.2) is 0 Å². The Hall–Kier alpha value is -1.06. The molecule has 0 aliphatic carbocycles. The summed E-state index contributed by atoms with van der Waals surface area (Å²) in [6, 6.07) is 7.58. The van der Waals surface area contributed by atoms with Crippen LogP contribution in [0.3, 0.4) is 0 Å². The van der Waals surface area contributed by atoms with E-state index in [9.17, 15) is 4.79 Å². The van der Waals surface area contributed by atoms with Crippen molar-refractivity contribution in [1.82, 2.24) is 10.6 Å². The van der Waals surface area contributed by atoms with Gasteiger partial charge in [0, 0.05) is 11.6 Å². The van der Waals surface area contributed by atoms with Crippen molar-refractivity contribution in [3.8, 4) is 0 Å². The maximum absolute atomic E-state index is 12.5. The van der Waals surface area contributed by atoms with Crippen LogP contribution in [-0.2, 0) is 4.79 Å². The standard InChI is InChI=1S/C15H21ClN2O/c1-3-15(8-9-17-10-15)14(19)18-11(2)12-6-4-5-7-13(12)16/h4-7,11,17H,3,8-10H2,1-2H3,(H,18,19)/t11-,15?/m0/s1. The van der Waals surface area contributed by atoms with Gasteiger partial charge in [-0.25, -0.2) is 0 Å². The Kier molecular flexibility index (Phi) is 4.48. The molecule has 0 radical (unpaired) electrons. The summed E-state index contributed by atoms with van der Waals surface area (Å²) in [6.07, 6.45) is 1.77. The van der Waals surface area contributed by atoms with Gasteiger partial charge in [0.2, 0.25) is 5.91 Å². The van der Waals surface area contributed by atoms with Gasteiger partial charge in [-0.1, -0.05) is 36.7 Å². The second kappa shape index (κ2) is 5.93. The molecule has 1 heterocycles. The lowest BCUT2D eigenvalue weighted by Gasteiger charge is -2.27. The number of carbonyl (C=O) groups excluding carboxylic acids is 1. The predicted molar refractivity (Wildman–Crippen MR) is 78.2 cm³/mol. The fraction of sp³-hybridized carbons (Fsp3) is 0.533. The van der Waals surface area contributed by atoms with Gasteiger partial charge in [0.05, 0.1) is 11.5 Å². The maximum Gasteiger partial charge on any atom is 0.228 e. The second-order valence-electron chi connectivity index (χ2n) is 5.28. The first-order valence-corrected chi connectivity index (χ1v) is 7.23. The van der Waals surface area contributed by atoms with Gasteiger partial charge >= 0.3 is 0 Å². The number of carbonyl (C=O) groups is 1. The Morgan fingerprint density at radius 2 is 2.26 bits per heavy atom. The highest BCUT2D eigenvalue weighted by Gasteiger charge is 2.39. The van der Waals surface area contributed by atoms with Crippen LogP contribution in [0.25, 0.3) is 0 Å². The van der Waals surface area contributed by atoms with E-state index in [0.29, 0.717) is 5.02 Å². The number of halogens is 1. The Morgan fingerprint density at radius 3 is 2.84 bits per heavy atom. The molecule has 2 N–H and O–H groups in total. The number of benzene rings is 1. The van der Waals surface area contributed by atoms with Crippen LogP contribution in [0.5, 0.6) is 0 Å². The Bertz CT molecular complexity index is 455. The first-order valence-electron chi connectivity index (χ1n) is 6.85. The lowest BCUT2D eigenvalue weighted by molar-refractivity contribution is -0.131. The Balaban J connectivity index is 2.08. The van der Waals surface area contributed by atoms with E-state index in [1.54, 1.807) is 0 Å². The molecule has 1 aliphatic rings. The van der Waals surface area contributed by atoms with E-state index in [1.807, 2.05) is 31.2 Å². The van der Waals surface area contributed by atoms with Crippen molar-refractivity contribution >= 4 is 17.5 Å². The summed E-state index contributed by atoms with van der Waals surface area (Å²) < 4.78 is 0. The van der Waals surface area contributed by atoms with Gasteiger partial charge in [0.1, 0.15) is 0 Å².